The number of amides is 2. The average molecular weight is 531 g/mol. The Hall–Kier alpha value is -3.50. The molecule has 0 aromatic heterocycles. The van der Waals surface area contributed by atoms with E-state index in [1.54, 1.807) is 24.3 Å². The van der Waals surface area contributed by atoms with Crippen molar-refractivity contribution in [3.05, 3.63) is 75.8 Å². The van der Waals surface area contributed by atoms with Gasteiger partial charge in [-0.3, -0.25) is 19.8 Å². The second-order valence-electron chi connectivity index (χ2n) is 6.85. The number of aromatic carboxylic acids is 1. The van der Waals surface area contributed by atoms with Gasteiger partial charge in [0.25, 0.3) is 11.8 Å². The van der Waals surface area contributed by atoms with Crippen LogP contribution in [0, 0.1) is 0 Å². The predicted molar refractivity (Wildman–Crippen MR) is 129 cm³/mol. The van der Waals surface area contributed by atoms with E-state index in [0.29, 0.717) is 27.1 Å². The molecule has 0 spiro atoms. The second-order valence-corrected chi connectivity index (χ2v) is 8.09. The molecule has 10 heteroatoms. The standard InChI is InChI=1S/C23H19BrN2O6S/c1-3-7-26-21(28)16(20(27)25-23(26)33)9-14-10-17(24)19(18(11-14)31-2)32-12-13-5-4-6-15(8-13)22(29)30/h3-6,8-11H,1,7,12H2,2H3,(H,29,30)(H,25,27,33)/b16-9+. The zero-order chi connectivity index (χ0) is 24.1. The topological polar surface area (TPSA) is 105 Å². The highest BCUT2D eigenvalue weighted by Gasteiger charge is 2.32. The largest absolute Gasteiger partial charge is 0.493 e. The van der Waals surface area contributed by atoms with Crippen molar-refractivity contribution in [2.75, 3.05) is 13.7 Å². The van der Waals surface area contributed by atoms with Crippen molar-refractivity contribution < 1.29 is 29.0 Å². The fourth-order valence-corrected chi connectivity index (χ4v) is 3.89. The Balaban J connectivity index is 1.88. The maximum Gasteiger partial charge on any atom is 0.335 e. The first-order valence-corrected chi connectivity index (χ1v) is 10.8. The average Bonchev–Trinajstić information content (AvgIpc) is 2.78. The van der Waals surface area contributed by atoms with Crippen molar-refractivity contribution in [1.29, 1.82) is 0 Å². The van der Waals surface area contributed by atoms with Gasteiger partial charge in [-0.2, -0.15) is 0 Å². The van der Waals surface area contributed by atoms with E-state index < -0.39 is 17.8 Å². The van der Waals surface area contributed by atoms with Crippen molar-refractivity contribution in [2.24, 2.45) is 0 Å². The van der Waals surface area contributed by atoms with Gasteiger partial charge in [0.05, 0.1) is 17.1 Å². The van der Waals surface area contributed by atoms with Crippen LogP contribution in [-0.4, -0.2) is 46.6 Å². The number of carbonyl (C=O) groups excluding carboxylic acids is 2. The van der Waals surface area contributed by atoms with Crippen molar-refractivity contribution in [3.63, 3.8) is 0 Å². The minimum absolute atomic E-state index is 0.0246. The summed E-state index contributed by atoms with van der Waals surface area (Å²) in [5.41, 5.74) is 1.25. The first-order valence-electron chi connectivity index (χ1n) is 9.57. The van der Waals surface area contributed by atoms with Crippen LogP contribution in [0.15, 0.2) is 59.1 Å². The molecule has 0 unspecified atom stereocenters. The molecular formula is C23H19BrN2O6S. The zero-order valence-corrected chi connectivity index (χ0v) is 19.9. The van der Waals surface area contributed by atoms with Gasteiger partial charge in [0.15, 0.2) is 16.6 Å². The molecule has 1 fully saturated rings. The molecule has 0 radical (unpaired) electrons. The van der Waals surface area contributed by atoms with Crippen molar-refractivity contribution in [3.8, 4) is 11.5 Å². The highest BCUT2D eigenvalue weighted by Crippen LogP contribution is 2.38. The van der Waals surface area contributed by atoms with Crippen LogP contribution in [0.1, 0.15) is 21.5 Å². The summed E-state index contributed by atoms with van der Waals surface area (Å²) < 4.78 is 11.8. The molecule has 3 rings (SSSR count). The highest BCUT2D eigenvalue weighted by molar-refractivity contribution is 9.10. The lowest BCUT2D eigenvalue weighted by Gasteiger charge is -2.27. The minimum Gasteiger partial charge on any atom is -0.493 e. The molecule has 2 aromatic rings. The number of halogens is 1. The SMILES string of the molecule is C=CCN1C(=O)/C(=C/c2cc(Br)c(OCc3cccc(C(=O)O)c3)c(OC)c2)C(=O)NC1=S. The highest BCUT2D eigenvalue weighted by atomic mass is 79.9. The molecule has 0 saturated carbocycles. The van der Waals surface area contributed by atoms with Crippen LogP contribution in [0.25, 0.3) is 6.08 Å². The van der Waals surface area contributed by atoms with Gasteiger partial charge in [0.1, 0.15) is 12.2 Å². The summed E-state index contributed by atoms with van der Waals surface area (Å²) in [6, 6.07) is 9.69. The molecule has 2 amide bonds. The summed E-state index contributed by atoms with van der Waals surface area (Å²) in [4.78, 5) is 37.5. The lowest BCUT2D eigenvalue weighted by atomic mass is 10.1. The number of thiocarbonyl (C=S) groups is 1. The van der Waals surface area contributed by atoms with E-state index in [-0.39, 0.29) is 29.4 Å². The van der Waals surface area contributed by atoms with Gasteiger partial charge in [-0.25, -0.2) is 4.79 Å². The fourth-order valence-electron chi connectivity index (χ4n) is 3.07. The third-order valence-corrected chi connectivity index (χ3v) is 5.53. The summed E-state index contributed by atoms with van der Waals surface area (Å²) in [5, 5.41) is 11.7. The molecule has 33 heavy (non-hydrogen) atoms. The zero-order valence-electron chi connectivity index (χ0n) is 17.5. The summed E-state index contributed by atoms with van der Waals surface area (Å²) in [6.45, 7) is 3.86. The molecule has 1 heterocycles. The quantitative estimate of drug-likeness (QED) is 0.232. The number of ether oxygens (including phenoxy) is 2. The minimum atomic E-state index is -1.03. The van der Waals surface area contributed by atoms with Crippen molar-refractivity contribution in [1.82, 2.24) is 10.2 Å². The Labute approximate surface area is 203 Å². The van der Waals surface area contributed by atoms with E-state index in [9.17, 15) is 14.4 Å². The summed E-state index contributed by atoms with van der Waals surface area (Å²) in [6.07, 6.45) is 2.94. The Morgan fingerprint density at radius 1 is 1.30 bits per heavy atom. The molecule has 1 aliphatic rings. The number of nitrogens with one attached hydrogen (secondary N) is 1. The maximum absolute atomic E-state index is 12.7. The van der Waals surface area contributed by atoms with Crippen LogP contribution in [0.2, 0.25) is 0 Å². The molecule has 0 bridgehead atoms. The smallest absolute Gasteiger partial charge is 0.335 e. The number of carbonyl (C=O) groups is 3. The number of carboxylic acid groups (broad SMARTS) is 1. The monoisotopic (exact) mass is 530 g/mol. The first kappa shape index (κ1) is 24.1. The second kappa shape index (κ2) is 10.4. The number of hydrogen-bond donors (Lipinski definition) is 2. The Bertz CT molecular complexity index is 1190. The maximum atomic E-state index is 12.7. The molecule has 2 N–H and O–H groups in total. The lowest BCUT2D eigenvalue weighted by molar-refractivity contribution is -0.128. The van der Waals surface area contributed by atoms with Gasteiger partial charge in [-0.05, 0) is 69.6 Å². The fraction of sp³-hybridized carbons (Fsp3) is 0.130. The Morgan fingerprint density at radius 2 is 2.06 bits per heavy atom. The first-order chi connectivity index (χ1) is 15.7. The molecule has 0 aliphatic carbocycles. The lowest BCUT2D eigenvalue weighted by Crippen LogP contribution is -2.53. The molecule has 170 valence electrons. The van der Waals surface area contributed by atoms with Gasteiger partial charge in [0, 0.05) is 6.54 Å². The molecule has 1 aliphatic heterocycles. The Morgan fingerprint density at radius 3 is 2.73 bits per heavy atom. The van der Waals surface area contributed by atoms with Gasteiger partial charge in [-0.1, -0.05) is 18.2 Å². The van der Waals surface area contributed by atoms with Crippen LogP contribution < -0.4 is 14.8 Å². The third-order valence-electron chi connectivity index (χ3n) is 4.62. The van der Waals surface area contributed by atoms with E-state index >= 15 is 0 Å². The van der Waals surface area contributed by atoms with Gasteiger partial charge >= 0.3 is 5.97 Å². The van der Waals surface area contributed by atoms with Crippen molar-refractivity contribution >= 4 is 57.1 Å². The number of methoxy groups -OCH3 is 1. The van der Waals surface area contributed by atoms with Crippen LogP contribution >= 0.6 is 28.1 Å². The van der Waals surface area contributed by atoms with E-state index in [1.165, 1.54) is 36.3 Å². The molecule has 1 saturated heterocycles. The van der Waals surface area contributed by atoms with Gasteiger partial charge < -0.3 is 14.6 Å². The van der Waals surface area contributed by atoms with E-state index in [2.05, 4.69) is 27.8 Å². The summed E-state index contributed by atoms with van der Waals surface area (Å²) in [5.74, 6) is -1.42. The molecule has 2 aromatic carbocycles. The van der Waals surface area contributed by atoms with Crippen LogP contribution in [0.3, 0.4) is 0 Å². The summed E-state index contributed by atoms with van der Waals surface area (Å²) in [7, 11) is 1.46. The molecular weight excluding hydrogens is 512 g/mol. The Kier molecular flexibility index (Phi) is 7.62. The summed E-state index contributed by atoms with van der Waals surface area (Å²) >= 11 is 8.49. The van der Waals surface area contributed by atoms with E-state index in [4.69, 9.17) is 26.8 Å². The predicted octanol–water partition coefficient (Wildman–Crippen LogP) is 3.55. The van der Waals surface area contributed by atoms with Gasteiger partial charge in [-0.15, -0.1) is 6.58 Å². The molecule has 8 nitrogen and oxygen atoms in total. The van der Waals surface area contributed by atoms with Crippen LogP contribution in [0.4, 0.5) is 0 Å². The van der Waals surface area contributed by atoms with Crippen LogP contribution in [-0.2, 0) is 16.2 Å². The van der Waals surface area contributed by atoms with Crippen molar-refractivity contribution in [2.45, 2.75) is 6.61 Å². The van der Waals surface area contributed by atoms with E-state index in [0.717, 1.165) is 0 Å². The number of hydrogen-bond acceptors (Lipinski definition) is 6. The number of rotatable bonds is 8. The van der Waals surface area contributed by atoms with Crippen LogP contribution in [0.5, 0.6) is 11.5 Å². The number of nitrogens with zero attached hydrogens (tertiary/aromatic N) is 1. The van der Waals surface area contributed by atoms with E-state index in [1.807, 2.05) is 0 Å². The number of carboxylic acids is 1. The normalized spacial score (nSPS) is 14.8. The van der Waals surface area contributed by atoms with Gasteiger partial charge in [0.2, 0.25) is 0 Å². The molecule has 0 atom stereocenters. The number of benzene rings is 2. The third kappa shape index (κ3) is 5.47.